The van der Waals surface area contributed by atoms with Gasteiger partial charge in [-0.05, 0) is 6.92 Å². The van der Waals surface area contributed by atoms with Crippen molar-refractivity contribution in [3.8, 4) is 0 Å². The fourth-order valence-electron chi connectivity index (χ4n) is 1.60. The van der Waals surface area contributed by atoms with Gasteiger partial charge in [-0.3, -0.25) is 0 Å². The summed E-state index contributed by atoms with van der Waals surface area (Å²) in [4.78, 5) is 12.9. The number of urea groups is 1. The SMILES string of the molecule is COCC(C)(NC(=O)N(C)CC(C)(CO)CO)C(F)(F)F. The topological polar surface area (TPSA) is 82.0 Å². The molecular formula is C12H23F3N2O4. The summed E-state index contributed by atoms with van der Waals surface area (Å²) in [5, 5.41) is 20.2. The van der Waals surface area contributed by atoms with Gasteiger partial charge in [0.1, 0.15) is 0 Å². The van der Waals surface area contributed by atoms with E-state index in [2.05, 4.69) is 4.74 Å². The number of aliphatic hydroxyl groups is 2. The molecule has 0 rings (SSSR count). The number of methoxy groups -OCH3 is 1. The number of nitrogens with zero attached hydrogens (tertiary/aromatic N) is 1. The Labute approximate surface area is 121 Å². The number of aliphatic hydroxyl groups excluding tert-OH is 2. The summed E-state index contributed by atoms with van der Waals surface area (Å²) in [6.07, 6.45) is -4.68. The highest BCUT2D eigenvalue weighted by atomic mass is 19.4. The van der Waals surface area contributed by atoms with Gasteiger partial charge in [0.2, 0.25) is 0 Å². The highest BCUT2D eigenvalue weighted by Gasteiger charge is 2.52. The zero-order valence-corrected chi connectivity index (χ0v) is 12.6. The van der Waals surface area contributed by atoms with Gasteiger partial charge in [0.15, 0.2) is 5.54 Å². The molecule has 0 saturated heterocycles. The second-order valence-corrected chi connectivity index (χ2v) is 5.68. The first kappa shape index (κ1) is 19.9. The molecule has 0 aliphatic carbocycles. The van der Waals surface area contributed by atoms with Gasteiger partial charge >= 0.3 is 12.2 Å². The van der Waals surface area contributed by atoms with Crippen LogP contribution in [0.1, 0.15) is 13.8 Å². The molecule has 21 heavy (non-hydrogen) atoms. The third-order valence-electron chi connectivity index (χ3n) is 3.17. The lowest BCUT2D eigenvalue weighted by molar-refractivity contribution is -0.200. The van der Waals surface area contributed by atoms with Crippen LogP contribution < -0.4 is 5.32 Å². The van der Waals surface area contributed by atoms with Crippen molar-refractivity contribution in [3.05, 3.63) is 0 Å². The summed E-state index contributed by atoms with van der Waals surface area (Å²) in [6.45, 7) is 0.681. The summed E-state index contributed by atoms with van der Waals surface area (Å²) in [5.41, 5.74) is -3.52. The number of nitrogens with one attached hydrogen (secondary N) is 1. The van der Waals surface area contributed by atoms with Crippen molar-refractivity contribution in [3.63, 3.8) is 0 Å². The molecule has 3 N–H and O–H groups in total. The molecule has 9 heteroatoms. The van der Waals surface area contributed by atoms with Crippen LogP contribution in [0.3, 0.4) is 0 Å². The van der Waals surface area contributed by atoms with Crippen molar-refractivity contribution in [2.75, 3.05) is 40.5 Å². The summed E-state index contributed by atoms with van der Waals surface area (Å²) in [6, 6.07) is -0.972. The molecule has 1 unspecified atom stereocenters. The fraction of sp³-hybridized carbons (Fsp3) is 0.917. The molecule has 2 amide bonds. The van der Waals surface area contributed by atoms with Gasteiger partial charge in [-0.15, -0.1) is 0 Å². The highest BCUT2D eigenvalue weighted by Crippen LogP contribution is 2.30. The average molecular weight is 316 g/mol. The molecule has 0 fully saturated rings. The Balaban J connectivity index is 4.93. The predicted octanol–water partition coefficient (Wildman–Crippen LogP) is 0.586. The molecule has 0 bridgehead atoms. The van der Waals surface area contributed by atoms with E-state index in [0.29, 0.717) is 0 Å². The van der Waals surface area contributed by atoms with Gasteiger partial charge in [-0.1, -0.05) is 6.92 Å². The molecular weight excluding hydrogens is 293 g/mol. The predicted molar refractivity (Wildman–Crippen MR) is 69.8 cm³/mol. The number of hydrogen-bond acceptors (Lipinski definition) is 4. The zero-order chi connectivity index (χ0) is 16.9. The minimum absolute atomic E-state index is 0.104. The minimum Gasteiger partial charge on any atom is -0.396 e. The van der Waals surface area contributed by atoms with E-state index in [-0.39, 0.29) is 6.54 Å². The maximum atomic E-state index is 13.0. The number of carbonyl (C=O) groups is 1. The van der Waals surface area contributed by atoms with E-state index in [9.17, 15) is 18.0 Å². The van der Waals surface area contributed by atoms with Crippen LogP contribution in [0.5, 0.6) is 0 Å². The normalized spacial score (nSPS) is 15.5. The van der Waals surface area contributed by atoms with E-state index < -0.39 is 43.0 Å². The average Bonchev–Trinajstić information content (AvgIpc) is 2.37. The Kier molecular flexibility index (Phi) is 6.91. The molecule has 0 aromatic heterocycles. The third-order valence-corrected chi connectivity index (χ3v) is 3.17. The van der Waals surface area contributed by atoms with Gasteiger partial charge in [-0.25, -0.2) is 4.79 Å². The largest absolute Gasteiger partial charge is 0.413 e. The summed E-state index contributed by atoms with van der Waals surface area (Å²) >= 11 is 0. The van der Waals surface area contributed by atoms with Gasteiger partial charge in [0.05, 0.1) is 19.8 Å². The van der Waals surface area contributed by atoms with Crippen LogP contribution >= 0.6 is 0 Å². The quantitative estimate of drug-likeness (QED) is 0.642. The van der Waals surface area contributed by atoms with Crippen molar-refractivity contribution >= 4 is 6.03 Å². The monoisotopic (exact) mass is 316 g/mol. The first-order valence-electron chi connectivity index (χ1n) is 6.25. The number of rotatable bonds is 7. The van der Waals surface area contributed by atoms with Crippen molar-refractivity contribution in [1.82, 2.24) is 10.2 Å². The van der Waals surface area contributed by atoms with Crippen LogP contribution in [0.25, 0.3) is 0 Å². The molecule has 0 heterocycles. The Bertz CT molecular complexity index is 348. The molecule has 0 saturated carbocycles. The van der Waals surface area contributed by atoms with Gasteiger partial charge in [-0.2, -0.15) is 13.2 Å². The maximum Gasteiger partial charge on any atom is 0.413 e. The fourth-order valence-corrected chi connectivity index (χ4v) is 1.60. The Morgan fingerprint density at radius 3 is 2.05 bits per heavy atom. The van der Waals surface area contributed by atoms with Crippen molar-refractivity contribution in [2.24, 2.45) is 5.41 Å². The van der Waals surface area contributed by atoms with Crippen LogP contribution in [0, 0.1) is 5.41 Å². The molecule has 0 aliphatic rings. The van der Waals surface area contributed by atoms with Crippen LogP contribution in [-0.2, 0) is 4.74 Å². The van der Waals surface area contributed by atoms with E-state index in [1.54, 1.807) is 0 Å². The molecule has 0 aliphatic heterocycles. The molecule has 0 spiro atoms. The first-order chi connectivity index (χ1) is 9.44. The van der Waals surface area contributed by atoms with Gasteiger partial charge in [0, 0.05) is 26.1 Å². The number of carbonyl (C=O) groups excluding carboxylic acids is 1. The number of amides is 2. The van der Waals surface area contributed by atoms with Gasteiger partial charge < -0.3 is 25.2 Å². The van der Waals surface area contributed by atoms with Crippen LogP contribution in [0.15, 0.2) is 0 Å². The summed E-state index contributed by atoms with van der Waals surface area (Å²) in [5.74, 6) is 0. The lowest BCUT2D eigenvalue weighted by Crippen LogP contribution is -2.62. The van der Waals surface area contributed by atoms with E-state index in [0.717, 1.165) is 18.9 Å². The van der Waals surface area contributed by atoms with Crippen LogP contribution in [0.4, 0.5) is 18.0 Å². The smallest absolute Gasteiger partial charge is 0.396 e. The lowest BCUT2D eigenvalue weighted by atomic mass is 9.92. The second-order valence-electron chi connectivity index (χ2n) is 5.68. The van der Waals surface area contributed by atoms with Gasteiger partial charge in [0.25, 0.3) is 0 Å². The van der Waals surface area contributed by atoms with Crippen molar-refractivity contribution in [1.29, 1.82) is 0 Å². The lowest BCUT2D eigenvalue weighted by Gasteiger charge is -2.36. The Morgan fingerprint density at radius 2 is 1.71 bits per heavy atom. The molecule has 6 nitrogen and oxygen atoms in total. The van der Waals surface area contributed by atoms with Crippen LogP contribution in [-0.4, -0.2) is 73.4 Å². The van der Waals surface area contributed by atoms with Crippen LogP contribution in [0.2, 0.25) is 0 Å². The minimum atomic E-state index is -4.68. The maximum absolute atomic E-state index is 13.0. The molecule has 1 atom stereocenters. The number of halogens is 3. The number of hydrogen-bond donors (Lipinski definition) is 3. The highest BCUT2D eigenvalue weighted by molar-refractivity contribution is 5.75. The number of ether oxygens (including phenoxy) is 1. The van der Waals surface area contributed by atoms with Crippen molar-refractivity contribution in [2.45, 2.75) is 25.6 Å². The van der Waals surface area contributed by atoms with E-state index in [4.69, 9.17) is 10.2 Å². The summed E-state index contributed by atoms with van der Waals surface area (Å²) in [7, 11) is 2.39. The van der Waals surface area contributed by atoms with E-state index in [1.807, 2.05) is 5.32 Å². The van der Waals surface area contributed by atoms with Crippen molar-refractivity contribution < 1.29 is 32.9 Å². The Hall–Kier alpha value is -1.06. The van der Waals surface area contributed by atoms with E-state index >= 15 is 0 Å². The second kappa shape index (κ2) is 7.28. The zero-order valence-electron chi connectivity index (χ0n) is 12.6. The first-order valence-corrected chi connectivity index (χ1v) is 6.25. The summed E-state index contributed by atoms with van der Waals surface area (Å²) < 4.78 is 43.5. The standard InChI is InChI=1S/C12H23F3N2O4/c1-10(6-18,7-19)5-17(3)9(20)16-11(2,8-21-4)12(13,14)15/h18-19H,5-8H2,1-4H3,(H,16,20). The molecule has 0 aromatic rings. The molecule has 0 radical (unpaired) electrons. The molecule has 126 valence electrons. The van der Waals surface area contributed by atoms with E-state index in [1.165, 1.54) is 14.0 Å². The third kappa shape index (κ3) is 5.33. The number of alkyl halides is 3. The Morgan fingerprint density at radius 1 is 1.24 bits per heavy atom. The molecule has 0 aromatic carbocycles.